The van der Waals surface area contributed by atoms with Gasteiger partial charge in [0.05, 0.1) is 12.1 Å². The van der Waals surface area contributed by atoms with E-state index in [1.807, 2.05) is 38.8 Å². The first-order chi connectivity index (χ1) is 8.35. The van der Waals surface area contributed by atoms with E-state index in [-0.39, 0.29) is 18.5 Å². The van der Waals surface area contributed by atoms with Crippen molar-refractivity contribution in [3.63, 3.8) is 0 Å². The summed E-state index contributed by atoms with van der Waals surface area (Å²) in [6.45, 7) is 5.77. The molecule has 0 saturated heterocycles. The van der Waals surface area contributed by atoms with Crippen LogP contribution < -0.4 is 10.2 Å². The largest absolute Gasteiger partial charge is 0.394 e. The van der Waals surface area contributed by atoms with Gasteiger partial charge in [-0.2, -0.15) is 0 Å². The smallest absolute Gasteiger partial charge is 0.130 e. The van der Waals surface area contributed by atoms with Gasteiger partial charge in [0.2, 0.25) is 0 Å². The lowest BCUT2D eigenvalue weighted by Gasteiger charge is -2.38. The van der Waals surface area contributed by atoms with E-state index in [0.717, 1.165) is 5.69 Å². The highest BCUT2D eigenvalue weighted by Gasteiger charge is 2.26. The fraction of sp³-hybridized carbons (Fsp3) is 0.571. The first-order valence-corrected chi connectivity index (χ1v) is 6.15. The van der Waals surface area contributed by atoms with Crippen LogP contribution in [-0.4, -0.2) is 31.3 Å². The summed E-state index contributed by atoms with van der Waals surface area (Å²) in [6, 6.07) is 4.95. The van der Waals surface area contributed by atoms with E-state index < -0.39 is 5.54 Å². The number of benzene rings is 1. The quantitative estimate of drug-likeness (QED) is 0.846. The molecule has 0 spiro atoms. The molecule has 1 aromatic rings. The minimum Gasteiger partial charge on any atom is -0.394 e. The molecule has 0 amide bonds. The lowest BCUT2D eigenvalue weighted by atomic mass is 9.99. The molecule has 1 rings (SSSR count). The number of anilines is 1. The monoisotopic (exact) mass is 254 g/mol. The first-order valence-electron chi connectivity index (χ1n) is 6.15. The first kappa shape index (κ1) is 14.9. The normalized spacial score (nSPS) is 13.5. The van der Waals surface area contributed by atoms with Crippen LogP contribution in [0.5, 0.6) is 0 Å². The minimum atomic E-state index is -0.435. The highest BCUT2D eigenvalue weighted by atomic mass is 19.1. The number of halogens is 1. The van der Waals surface area contributed by atoms with Gasteiger partial charge in [-0.05, 0) is 40.0 Å². The Bertz CT molecular complexity index is 407. The second-order valence-electron chi connectivity index (χ2n) is 5.21. The molecule has 0 aromatic heterocycles. The van der Waals surface area contributed by atoms with Crippen LogP contribution in [-0.2, 0) is 0 Å². The van der Waals surface area contributed by atoms with Crippen LogP contribution in [0.15, 0.2) is 18.2 Å². The highest BCUT2D eigenvalue weighted by Crippen LogP contribution is 2.31. The molecule has 0 saturated carbocycles. The van der Waals surface area contributed by atoms with Crippen LogP contribution in [0.25, 0.3) is 0 Å². The summed E-state index contributed by atoms with van der Waals surface area (Å²) < 4.78 is 14.0. The summed E-state index contributed by atoms with van der Waals surface area (Å²) in [4.78, 5) is 1.92. The van der Waals surface area contributed by atoms with Crippen molar-refractivity contribution in [3.8, 4) is 0 Å². The van der Waals surface area contributed by atoms with Gasteiger partial charge in [0.25, 0.3) is 0 Å². The summed E-state index contributed by atoms with van der Waals surface area (Å²) in [5, 5.41) is 12.5. The van der Waals surface area contributed by atoms with Crippen molar-refractivity contribution in [2.24, 2.45) is 0 Å². The van der Waals surface area contributed by atoms with E-state index in [2.05, 4.69) is 5.32 Å². The van der Waals surface area contributed by atoms with Gasteiger partial charge in [0, 0.05) is 24.3 Å². The molecular weight excluding hydrogens is 231 g/mol. The number of aliphatic hydroxyl groups is 1. The summed E-state index contributed by atoms with van der Waals surface area (Å²) in [7, 11) is 3.68. The maximum absolute atomic E-state index is 14.0. The van der Waals surface area contributed by atoms with E-state index in [0.29, 0.717) is 5.56 Å². The number of aliphatic hydroxyl groups excluding tert-OH is 1. The minimum absolute atomic E-state index is 0.00733. The lowest BCUT2D eigenvalue weighted by molar-refractivity contribution is 0.216. The number of rotatable bonds is 5. The molecule has 0 aliphatic rings. The molecular formula is C14H23FN2O. The zero-order chi connectivity index (χ0) is 13.9. The predicted molar refractivity (Wildman–Crippen MR) is 73.4 cm³/mol. The zero-order valence-corrected chi connectivity index (χ0v) is 11.8. The number of nitrogens with one attached hydrogen (secondary N) is 1. The molecule has 0 bridgehead atoms. The maximum Gasteiger partial charge on any atom is 0.130 e. The number of nitrogens with zero attached hydrogens (tertiary/aromatic N) is 1. The van der Waals surface area contributed by atoms with Crippen molar-refractivity contribution in [1.82, 2.24) is 5.32 Å². The van der Waals surface area contributed by atoms with E-state index in [4.69, 9.17) is 0 Å². The van der Waals surface area contributed by atoms with Gasteiger partial charge < -0.3 is 15.3 Å². The van der Waals surface area contributed by atoms with E-state index in [9.17, 15) is 9.50 Å². The molecule has 0 aliphatic carbocycles. The Labute approximate surface area is 109 Å². The maximum atomic E-state index is 14.0. The van der Waals surface area contributed by atoms with Crippen LogP contribution in [0.2, 0.25) is 0 Å². The number of hydrogen-bond donors (Lipinski definition) is 2. The number of likely N-dealkylation sites (N-methyl/N-ethyl adjacent to an activating group) is 1. The molecule has 4 heteroatoms. The fourth-order valence-corrected chi connectivity index (χ4v) is 1.82. The van der Waals surface area contributed by atoms with Crippen LogP contribution in [0, 0.1) is 5.82 Å². The molecule has 0 radical (unpaired) electrons. The second kappa shape index (κ2) is 5.67. The van der Waals surface area contributed by atoms with Crippen molar-refractivity contribution in [2.75, 3.05) is 25.6 Å². The highest BCUT2D eigenvalue weighted by molar-refractivity contribution is 5.56. The van der Waals surface area contributed by atoms with Crippen LogP contribution in [0.1, 0.15) is 32.4 Å². The van der Waals surface area contributed by atoms with Crippen LogP contribution in [0.3, 0.4) is 0 Å². The molecule has 1 atom stereocenters. The van der Waals surface area contributed by atoms with Crippen molar-refractivity contribution in [3.05, 3.63) is 29.6 Å². The Morgan fingerprint density at radius 1 is 1.44 bits per heavy atom. The topological polar surface area (TPSA) is 35.5 Å². The molecule has 2 N–H and O–H groups in total. The van der Waals surface area contributed by atoms with Crippen molar-refractivity contribution in [2.45, 2.75) is 32.4 Å². The lowest BCUT2D eigenvalue weighted by Crippen LogP contribution is -2.45. The van der Waals surface area contributed by atoms with Gasteiger partial charge in [-0.25, -0.2) is 4.39 Å². The van der Waals surface area contributed by atoms with E-state index >= 15 is 0 Å². The van der Waals surface area contributed by atoms with E-state index in [1.54, 1.807) is 13.1 Å². The van der Waals surface area contributed by atoms with Crippen LogP contribution >= 0.6 is 0 Å². The van der Waals surface area contributed by atoms with Gasteiger partial charge in [0.15, 0.2) is 0 Å². The third kappa shape index (κ3) is 2.82. The zero-order valence-electron chi connectivity index (χ0n) is 11.8. The summed E-state index contributed by atoms with van der Waals surface area (Å²) in [5.74, 6) is -0.227. The van der Waals surface area contributed by atoms with Crippen LogP contribution in [0.4, 0.5) is 10.1 Å². The van der Waals surface area contributed by atoms with Crippen molar-refractivity contribution in [1.29, 1.82) is 0 Å². The molecule has 102 valence electrons. The Morgan fingerprint density at radius 2 is 2.06 bits per heavy atom. The fourth-order valence-electron chi connectivity index (χ4n) is 1.82. The third-order valence-electron chi connectivity index (χ3n) is 3.55. The molecule has 1 aromatic carbocycles. The average molecular weight is 254 g/mol. The summed E-state index contributed by atoms with van der Waals surface area (Å²) in [6.07, 6.45) is 0. The standard InChI is InChI=1S/C14H23FN2O/c1-10(16-4)13-11(15)7-6-8-12(13)17(5)14(2,3)9-18/h6-8,10,16,18H,9H2,1-5H3. The van der Waals surface area contributed by atoms with Crippen molar-refractivity contribution >= 4 is 5.69 Å². The third-order valence-corrected chi connectivity index (χ3v) is 3.55. The Kier molecular flexibility index (Phi) is 4.71. The van der Waals surface area contributed by atoms with E-state index in [1.165, 1.54) is 6.07 Å². The molecule has 18 heavy (non-hydrogen) atoms. The Morgan fingerprint density at radius 3 is 2.56 bits per heavy atom. The Hall–Kier alpha value is -1.13. The predicted octanol–water partition coefficient (Wildman–Crippen LogP) is 2.31. The van der Waals surface area contributed by atoms with Gasteiger partial charge in [0.1, 0.15) is 5.82 Å². The van der Waals surface area contributed by atoms with Gasteiger partial charge >= 0.3 is 0 Å². The molecule has 3 nitrogen and oxygen atoms in total. The van der Waals surface area contributed by atoms with Gasteiger partial charge in [-0.15, -0.1) is 0 Å². The summed E-state index contributed by atoms with van der Waals surface area (Å²) >= 11 is 0. The molecule has 0 fully saturated rings. The molecule has 1 unspecified atom stereocenters. The average Bonchev–Trinajstić information content (AvgIpc) is 2.36. The Balaban J connectivity index is 3.28. The summed E-state index contributed by atoms with van der Waals surface area (Å²) in [5.41, 5.74) is 0.996. The van der Waals surface area contributed by atoms with Crippen molar-refractivity contribution < 1.29 is 9.50 Å². The van der Waals surface area contributed by atoms with Gasteiger partial charge in [-0.1, -0.05) is 6.07 Å². The molecule has 0 aliphatic heterocycles. The SMILES string of the molecule is CNC(C)c1c(F)cccc1N(C)C(C)(C)CO. The molecule has 0 heterocycles. The second-order valence-corrected chi connectivity index (χ2v) is 5.21. The number of hydrogen-bond acceptors (Lipinski definition) is 3. The van der Waals surface area contributed by atoms with Gasteiger partial charge in [-0.3, -0.25) is 0 Å².